The van der Waals surface area contributed by atoms with E-state index in [1.54, 1.807) is 0 Å². The highest BCUT2D eigenvalue weighted by Gasteiger charge is 2.23. The first-order valence-corrected chi connectivity index (χ1v) is 8.62. The first kappa shape index (κ1) is 16.3. The fourth-order valence-electron chi connectivity index (χ4n) is 2.61. The molecule has 1 aliphatic rings. The average Bonchev–Trinajstić information content (AvgIpc) is 3.10. The van der Waals surface area contributed by atoms with Gasteiger partial charge in [0.25, 0.3) is 0 Å². The molecule has 0 bridgehead atoms. The van der Waals surface area contributed by atoms with Crippen LogP contribution in [0, 0.1) is 0 Å². The average molecular weight is 311 g/mol. The van der Waals surface area contributed by atoms with Crippen molar-refractivity contribution in [3.8, 4) is 0 Å². The third-order valence-corrected chi connectivity index (χ3v) is 4.86. The van der Waals surface area contributed by atoms with Gasteiger partial charge in [-0.05, 0) is 26.2 Å². The molecule has 0 spiro atoms. The van der Waals surface area contributed by atoms with Gasteiger partial charge in [0.2, 0.25) is 5.91 Å². The molecule has 0 radical (unpaired) electrons. The summed E-state index contributed by atoms with van der Waals surface area (Å²) in [7, 11) is 0. The van der Waals surface area contributed by atoms with Crippen LogP contribution >= 0.6 is 11.8 Å². The third-order valence-electron chi connectivity index (χ3n) is 3.78. The van der Waals surface area contributed by atoms with Crippen LogP contribution in [0.25, 0.3) is 0 Å². The zero-order valence-electron chi connectivity index (χ0n) is 12.8. The topological polar surface area (TPSA) is 85.8 Å². The predicted molar refractivity (Wildman–Crippen MR) is 83.9 cm³/mol. The van der Waals surface area contributed by atoms with Crippen molar-refractivity contribution in [1.82, 2.24) is 20.1 Å². The second-order valence-corrected chi connectivity index (χ2v) is 6.81. The Bertz CT molecular complexity index is 470. The minimum absolute atomic E-state index is 0.0900. The molecular weight excluding hydrogens is 286 g/mol. The molecule has 7 heteroatoms. The highest BCUT2D eigenvalue weighted by atomic mass is 32.2. The van der Waals surface area contributed by atoms with Gasteiger partial charge in [0.1, 0.15) is 5.82 Å². The van der Waals surface area contributed by atoms with Gasteiger partial charge in [0.05, 0.1) is 11.8 Å². The van der Waals surface area contributed by atoms with Crippen LogP contribution in [0.2, 0.25) is 0 Å². The number of hydrogen-bond donors (Lipinski definition) is 2. The maximum atomic E-state index is 12.2. The van der Waals surface area contributed by atoms with E-state index in [-0.39, 0.29) is 11.2 Å². The number of nitrogens with two attached hydrogens (primary N) is 1. The molecule has 1 saturated carbocycles. The Hall–Kier alpha value is -1.08. The maximum Gasteiger partial charge on any atom is 0.233 e. The fraction of sp³-hybridized carbons (Fsp3) is 0.786. The molecule has 3 N–H and O–H groups in total. The molecule has 21 heavy (non-hydrogen) atoms. The SMILES string of the molecule is CCCn1c(CN)nnc1SC(C)C(=O)NC1CCCC1. The molecule has 1 amide bonds. The van der Waals surface area contributed by atoms with Crippen molar-refractivity contribution >= 4 is 17.7 Å². The summed E-state index contributed by atoms with van der Waals surface area (Å²) >= 11 is 1.46. The molecule has 0 aromatic carbocycles. The maximum absolute atomic E-state index is 12.2. The van der Waals surface area contributed by atoms with Crippen LogP contribution in [0.5, 0.6) is 0 Å². The van der Waals surface area contributed by atoms with E-state index in [9.17, 15) is 4.79 Å². The van der Waals surface area contributed by atoms with Crippen LogP contribution in [0.3, 0.4) is 0 Å². The minimum atomic E-state index is -0.170. The molecule has 1 unspecified atom stereocenters. The number of carbonyl (C=O) groups excluding carboxylic acids is 1. The standard InChI is InChI=1S/C14H25N5OS/c1-3-8-19-12(9-15)17-18-14(19)21-10(2)13(20)16-11-6-4-5-7-11/h10-11H,3-9,15H2,1-2H3,(H,16,20). The number of carbonyl (C=O) groups is 1. The lowest BCUT2D eigenvalue weighted by Gasteiger charge is -2.16. The van der Waals surface area contributed by atoms with Gasteiger partial charge >= 0.3 is 0 Å². The molecule has 0 aliphatic heterocycles. The number of aromatic nitrogens is 3. The van der Waals surface area contributed by atoms with Gasteiger partial charge in [0.15, 0.2) is 5.16 Å². The first-order chi connectivity index (χ1) is 10.2. The highest BCUT2D eigenvalue weighted by Crippen LogP contribution is 2.24. The number of hydrogen-bond acceptors (Lipinski definition) is 5. The van der Waals surface area contributed by atoms with Gasteiger partial charge < -0.3 is 15.6 Å². The molecule has 118 valence electrons. The molecular formula is C14H25N5OS. The van der Waals surface area contributed by atoms with E-state index in [1.165, 1.54) is 24.6 Å². The molecule has 1 atom stereocenters. The van der Waals surface area contributed by atoms with E-state index in [2.05, 4.69) is 22.4 Å². The molecule has 1 aliphatic carbocycles. The lowest BCUT2D eigenvalue weighted by molar-refractivity contribution is -0.120. The Morgan fingerprint density at radius 2 is 2.19 bits per heavy atom. The van der Waals surface area contributed by atoms with E-state index in [0.717, 1.165) is 36.8 Å². The summed E-state index contributed by atoms with van der Waals surface area (Å²) in [6.45, 7) is 5.22. The summed E-state index contributed by atoms with van der Waals surface area (Å²) in [6, 6.07) is 0.355. The largest absolute Gasteiger partial charge is 0.352 e. The Kier molecular flexibility index (Phi) is 6.05. The summed E-state index contributed by atoms with van der Waals surface area (Å²) in [5, 5.41) is 12.0. The molecule has 1 aromatic heterocycles. The van der Waals surface area contributed by atoms with Crippen LogP contribution in [0.15, 0.2) is 5.16 Å². The fourth-order valence-corrected chi connectivity index (χ4v) is 3.51. The van der Waals surface area contributed by atoms with Gasteiger partial charge in [-0.15, -0.1) is 10.2 Å². The second kappa shape index (κ2) is 7.79. The van der Waals surface area contributed by atoms with Crippen molar-refractivity contribution in [2.24, 2.45) is 5.73 Å². The lowest BCUT2D eigenvalue weighted by Crippen LogP contribution is -2.37. The van der Waals surface area contributed by atoms with E-state index in [4.69, 9.17) is 5.73 Å². The number of amides is 1. The van der Waals surface area contributed by atoms with Crippen LogP contribution in [-0.2, 0) is 17.9 Å². The van der Waals surface area contributed by atoms with Crippen LogP contribution in [0.4, 0.5) is 0 Å². The Labute approximate surface area is 130 Å². The Morgan fingerprint density at radius 1 is 1.48 bits per heavy atom. The molecule has 0 saturated heterocycles. The van der Waals surface area contributed by atoms with E-state index >= 15 is 0 Å². The van der Waals surface area contributed by atoms with Gasteiger partial charge in [-0.3, -0.25) is 4.79 Å². The Morgan fingerprint density at radius 3 is 2.81 bits per heavy atom. The summed E-state index contributed by atoms with van der Waals surface area (Å²) in [4.78, 5) is 12.2. The minimum Gasteiger partial charge on any atom is -0.352 e. The number of rotatable bonds is 7. The summed E-state index contributed by atoms with van der Waals surface area (Å²) in [6.07, 6.45) is 5.63. The van der Waals surface area contributed by atoms with E-state index < -0.39 is 0 Å². The monoisotopic (exact) mass is 311 g/mol. The number of thioether (sulfide) groups is 1. The van der Waals surface area contributed by atoms with Crippen LogP contribution < -0.4 is 11.1 Å². The summed E-state index contributed by atoms with van der Waals surface area (Å²) < 4.78 is 2.02. The smallest absolute Gasteiger partial charge is 0.233 e. The van der Waals surface area contributed by atoms with E-state index in [1.807, 2.05) is 11.5 Å². The quantitative estimate of drug-likeness (QED) is 0.748. The summed E-state index contributed by atoms with van der Waals surface area (Å²) in [5.41, 5.74) is 5.68. The van der Waals surface area contributed by atoms with Gasteiger partial charge in [-0.2, -0.15) is 0 Å². The highest BCUT2D eigenvalue weighted by molar-refractivity contribution is 8.00. The zero-order valence-corrected chi connectivity index (χ0v) is 13.7. The van der Waals surface area contributed by atoms with Crippen LogP contribution in [-0.4, -0.2) is 32.0 Å². The predicted octanol–water partition coefficient (Wildman–Crippen LogP) is 1.69. The van der Waals surface area contributed by atoms with Gasteiger partial charge in [-0.1, -0.05) is 31.5 Å². The van der Waals surface area contributed by atoms with E-state index in [0.29, 0.717) is 12.6 Å². The molecule has 6 nitrogen and oxygen atoms in total. The van der Waals surface area contributed by atoms with Crippen molar-refractivity contribution in [3.05, 3.63) is 5.82 Å². The number of nitrogens with one attached hydrogen (secondary N) is 1. The zero-order chi connectivity index (χ0) is 15.2. The van der Waals surface area contributed by atoms with Gasteiger partial charge in [-0.25, -0.2) is 0 Å². The number of nitrogens with zero attached hydrogens (tertiary/aromatic N) is 3. The normalized spacial score (nSPS) is 17.1. The van der Waals surface area contributed by atoms with Crippen molar-refractivity contribution in [1.29, 1.82) is 0 Å². The van der Waals surface area contributed by atoms with Gasteiger partial charge in [0, 0.05) is 12.6 Å². The van der Waals surface area contributed by atoms with Crippen molar-refractivity contribution in [2.75, 3.05) is 0 Å². The molecule has 1 heterocycles. The lowest BCUT2D eigenvalue weighted by atomic mass is 10.2. The first-order valence-electron chi connectivity index (χ1n) is 7.74. The van der Waals surface area contributed by atoms with Crippen LogP contribution in [0.1, 0.15) is 51.8 Å². The molecule has 1 fully saturated rings. The van der Waals surface area contributed by atoms with Crippen molar-refractivity contribution < 1.29 is 4.79 Å². The molecule has 2 rings (SSSR count). The molecule has 1 aromatic rings. The summed E-state index contributed by atoms with van der Waals surface area (Å²) in [5.74, 6) is 0.870. The second-order valence-electron chi connectivity index (χ2n) is 5.50. The third kappa shape index (κ3) is 4.20. The van der Waals surface area contributed by atoms with Crippen molar-refractivity contribution in [2.45, 2.75) is 75.5 Å². The van der Waals surface area contributed by atoms with Crippen molar-refractivity contribution in [3.63, 3.8) is 0 Å². The Balaban J connectivity index is 1.96.